The van der Waals surface area contributed by atoms with Gasteiger partial charge in [0.05, 0.1) is 10.6 Å². The molecule has 0 saturated carbocycles. The molecular weight excluding hydrogens is 278 g/mol. The first kappa shape index (κ1) is 15.0. The van der Waals surface area contributed by atoms with E-state index in [1.807, 2.05) is 0 Å². The van der Waals surface area contributed by atoms with Crippen LogP contribution in [0, 0.1) is 21.4 Å². The molecule has 0 radical (unpaired) electrons. The summed E-state index contributed by atoms with van der Waals surface area (Å²) in [5.41, 5.74) is 2.36. The number of fused-ring (bicyclic) bond motifs is 1. The summed E-state index contributed by atoms with van der Waals surface area (Å²) in [6.45, 7) is 8.89. The maximum Gasteiger partial charge on any atom is 0.269 e. The molecule has 1 fully saturated rings. The Morgan fingerprint density at radius 3 is 2.86 bits per heavy atom. The van der Waals surface area contributed by atoms with Crippen LogP contribution >= 0.6 is 0 Å². The van der Waals surface area contributed by atoms with Crippen molar-refractivity contribution < 1.29 is 4.92 Å². The van der Waals surface area contributed by atoms with Gasteiger partial charge in [0.25, 0.3) is 5.69 Å². The van der Waals surface area contributed by atoms with E-state index < -0.39 is 0 Å². The van der Waals surface area contributed by atoms with E-state index >= 15 is 0 Å². The zero-order valence-electron chi connectivity index (χ0n) is 13.5. The average molecular weight is 301 g/mol. The highest BCUT2D eigenvalue weighted by Gasteiger charge is 2.32. The lowest BCUT2D eigenvalue weighted by Gasteiger charge is -2.42. The number of non-ortho nitro benzene ring substituents is 1. The molecule has 2 aliphatic heterocycles. The molecule has 0 N–H and O–H groups in total. The van der Waals surface area contributed by atoms with Gasteiger partial charge in [-0.15, -0.1) is 0 Å². The molecule has 1 saturated heterocycles. The first-order valence-electron chi connectivity index (χ1n) is 7.96. The molecule has 0 amide bonds. The molecule has 1 unspecified atom stereocenters. The molecule has 118 valence electrons. The minimum absolute atomic E-state index is 0.156. The van der Waals surface area contributed by atoms with Gasteiger partial charge in [-0.3, -0.25) is 10.1 Å². The van der Waals surface area contributed by atoms with Crippen molar-refractivity contribution in [2.45, 2.75) is 40.0 Å². The van der Waals surface area contributed by atoms with Crippen LogP contribution in [0.2, 0.25) is 0 Å². The number of piperidine rings is 1. The van der Waals surface area contributed by atoms with Gasteiger partial charge in [-0.25, -0.2) is 4.99 Å². The number of nitro benzene ring substituents is 1. The number of nitro groups is 1. The van der Waals surface area contributed by atoms with Crippen LogP contribution in [-0.4, -0.2) is 28.7 Å². The Morgan fingerprint density at radius 2 is 2.18 bits per heavy atom. The van der Waals surface area contributed by atoms with Gasteiger partial charge in [0.2, 0.25) is 0 Å². The minimum Gasteiger partial charge on any atom is -0.359 e. The quantitative estimate of drug-likeness (QED) is 0.583. The zero-order chi connectivity index (χ0) is 15.9. The largest absolute Gasteiger partial charge is 0.359 e. The number of amidine groups is 1. The fourth-order valence-electron chi connectivity index (χ4n) is 3.61. The first-order valence-corrected chi connectivity index (χ1v) is 7.96. The van der Waals surface area contributed by atoms with E-state index in [9.17, 15) is 10.1 Å². The lowest BCUT2D eigenvalue weighted by molar-refractivity contribution is -0.384. The number of nitrogens with zero attached hydrogens (tertiary/aromatic N) is 3. The van der Waals surface area contributed by atoms with Gasteiger partial charge in [-0.1, -0.05) is 20.8 Å². The van der Waals surface area contributed by atoms with Crippen molar-refractivity contribution in [2.24, 2.45) is 16.3 Å². The van der Waals surface area contributed by atoms with E-state index in [0.29, 0.717) is 11.3 Å². The highest BCUT2D eigenvalue weighted by Crippen LogP contribution is 2.35. The first-order chi connectivity index (χ1) is 10.4. The highest BCUT2D eigenvalue weighted by atomic mass is 16.6. The molecule has 2 aliphatic rings. The third kappa shape index (κ3) is 2.85. The van der Waals surface area contributed by atoms with E-state index in [-0.39, 0.29) is 10.6 Å². The van der Waals surface area contributed by atoms with Crippen LogP contribution < -0.4 is 0 Å². The fraction of sp³-hybridized carbons (Fsp3) is 0.588. The predicted molar refractivity (Wildman–Crippen MR) is 87.6 cm³/mol. The maximum atomic E-state index is 10.9. The topological polar surface area (TPSA) is 58.7 Å². The smallest absolute Gasteiger partial charge is 0.269 e. The van der Waals surface area contributed by atoms with Crippen molar-refractivity contribution in [3.05, 3.63) is 33.9 Å². The van der Waals surface area contributed by atoms with Gasteiger partial charge in [0.15, 0.2) is 0 Å². The third-order valence-corrected chi connectivity index (χ3v) is 4.70. The summed E-state index contributed by atoms with van der Waals surface area (Å²) < 4.78 is 0. The molecule has 0 spiro atoms. The molecule has 22 heavy (non-hydrogen) atoms. The monoisotopic (exact) mass is 301 g/mol. The molecule has 1 atom stereocenters. The van der Waals surface area contributed by atoms with Crippen molar-refractivity contribution in [3.8, 4) is 0 Å². The Morgan fingerprint density at radius 1 is 1.41 bits per heavy atom. The van der Waals surface area contributed by atoms with Crippen molar-refractivity contribution in [3.63, 3.8) is 0 Å². The summed E-state index contributed by atoms with van der Waals surface area (Å²) in [6.07, 6.45) is 3.28. The molecule has 3 rings (SSSR count). The van der Waals surface area contributed by atoms with Gasteiger partial charge in [-0.2, -0.15) is 0 Å². The summed E-state index contributed by atoms with van der Waals surface area (Å²) in [5, 5.41) is 10.9. The second-order valence-corrected chi connectivity index (χ2v) is 7.33. The summed E-state index contributed by atoms with van der Waals surface area (Å²) in [5.74, 6) is 1.46. The summed E-state index contributed by atoms with van der Waals surface area (Å²) in [6, 6.07) is 5.01. The van der Waals surface area contributed by atoms with Gasteiger partial charge >= 0.3 is 0 Å². The number of likely N-dealkylation sites (tertiary alicyclic amines) is 1. The molecule has 1 aromatic carbocycles. The van der Waals surface area contributed by atoms with Crippen LogP contribution in [0.3, 0.4) is 0 Å². The van der Waals surface area contributed by atoms with E-state index in [2.05, 4.69) is 25.7 Å². The number of benzene rings is 1. The lowest BCUT2D eigenvalue weighted by atomic mass is 9.83. The van der Waals surface area contributed by atoms with Gasteiger partial charge < -0.3 is 4.90 Å². The average Bonchev–Trinajstić information content (AvgIpc) is 2.44. The van der Waals surface area contributed by atoms with Gasteiger partial charge in [0, 0.05) is 31.1 Å². The van der Waals surface area contributed by atoms with Crippen LogP contribution in [0.25, 0.3) is 0 Å². The Hall–Kier alpha value is -1.91. The number of rotatable bonds is 1. The zero-order valence-corrected chi connectivity index (χ0v) is 13.5. The molecule has 0 aromatic heterocycles. The van der Waals surface area contributed by atoms with E-state index in [1.54, 1.807) is 18.2 Å². The molecular formula is C17H23N3O2. The second-order valence-electron chi connectivity index (χ2n) is 7.33. The Labute approximate surface area is 131 Å². The third-order valence-electron chi connectivity index (χ3n) is 4.70. The molecule has 5 nitrogen and oxygen atoms in total. The molecule has 0 aliphatic carbocycles. The fourth-order valence-corrected chi connectivity index (χ4v) is 3.61. The molecule has 2 heterocycles. The summed E-state index contributed by atoms with van der Waals surface area (Å²) >= 11 is 0. The van der Waals surface area contributed by atoms with Gasteiger partial charge in [0.1, 0.15) is 5.84 Å². The Bertz CT molecular complexity index is 637. The normalized spacial score (nSPS) is 23.7. The van der Waals surface area contributed by atoms with Crippen LogP contribution in [0.5, 0.6) is 0 Å². The predicted octanol–water partition coefficient (Wildman–Crippen LogP) is 3.94. The van der Waals surface area contributed by atoms with Crippen molar-refractivity contribution >= 4 is 17.2 Å². The van der Waals surface area contributed by atoms with Gasteiger partial charge in [-0.05, 0) is 36.3 Å². The lowest BCUT2D eigenvalue weighted by Crippen LogP contribution is -2.46. The summed E-state index contributed by atoms with van der Waals surface area (Å²) in [7, 11) is 0. The van der Waals surface area contributed by atoms with Crippen molar-refractivity contribution in [2.75, 3.05) is 13.1 Å². The number of aliphatic imine (C=N–C) groups is 1. The SMILES string of the molecule is CC1Cc2cc([N+](=O)[O-])ccc2N=C1N1CCCC(C)(C)C1. The molecule has 0 bridgehead atoms. The minimum atomic E-state index is -0.336. The van der Waals surface area contributed by atoms with Crippen molar-refractivity contribution in [1.29, 1.82) is 0 Å². The van der Waals surface area contributed by atoms with Crippen LogP contribution in [-0.2, 0) is 6.42 Å². The van der Waals surface area contributed by atoms with Crippen molar-refractivity contribution in [1.82, 2.24) is 4.90 Å². The van der Waals surface area contributed by atoms with E-state index in [0.717, 1.165) is 36.6 Å². The maximum absolute atomic E-state index is 10.9. The van der Waals surface area contributed by atoms with Crippen LogP contribution in [0.15, 0.2) is 23.2 Å². The Kier molecular flexibility index (Phi) is 3.67. The van der Waals surface area contributed by atoms with Crippen LogP contribution in [0.4, 0.5) is 11.4 Å². The standard InChI is InChI=1S/C17H23N3O2/c1-12-9-13-10-14(20(21)22)5-6-15(13)18-16(12)19-8-4-7-17(2,3)11-19/h5-6,10,12H,4,7-9,11H2,1-3H3. The Balaban J connectivity index is 1.91. The number of hydrogen-bond acceptors (Lipinski definition) is 4. The second kappa shape index (κ2) is 5.38. The highest BCUT2D eigenvalue weighted by molar-refractivity contribution is 5.89. The number of hydrogen-bond donors (Lipinski definition) is 0. The summed E-state index contributed by atoms with van der Waals surface area (Å²) in [4.78, 5) is 17.8. The molecule has 5 heteroatoms. The van der Waals surface area contributed by atoms with E-state index in [4.69, 9.17) is 4.99 Å². The van der Waals surface area contributed by atoms with Crippen LogP contribution in [0.1, 0.15) is 39.2 Å². The van der Waals surface area contributed by atoms with E-state index in [1.165, 1.54) is 12.8 Å². The molecule has 1 aromatic rings.